The number of thiol groups is 2. The predicted molar refractivity (Wildman–Crippen MR) is 138 cm³/mol. The summed E-state index contributed by atoms with van der Waals surface area (Å²) in [5, 5.41) is 59.5. The van der Waals surface area contributed by atoms with Gasteiger partial charge in [-0.05, 0) is 13.8 Å². The molecule has 0 bridgehead atoms. The minimum atomic E-state index is -1.23. The van der Waals surface area contributed by atoms with Crippen LogP contribution in [-0.4, -0.2) is 152 Å². The maximum atomic E-state index is 10.6. The van der Waals surface area contributed by atoms with E-state index in [1.165, 1.54) is 6.92 Å². The zero-order chi connectivity index (χ0) is 30.0. The standard InChI is InChI=1S/C10H16N2O8.C4H10O2S2.C4H8O2.C2H6O/c13-7(14)3-11(4-8(15)16)1-2-12(5-9(17)18)6-10(19)20;5-3(1-7)4(6)2-8;1-3-6-4(2)5;1-2-3/h1-6H2,(H,13,14)(H,15,16)(H,17,18)(H,19,20);3-8H,1-2H2;3H2,1-2H3;3H,2H2,1H3. The Kier molecular flexibility index (Phi) is 32.2. The molecule has 0 aromatic rings. The lowest BCUT2D eigenvalue weighted by molar-refractivity contribution is -0.145. The van der Waals surface area contributed by atoms with E-state index >= 15 is 0 Å². The van der Waals surface area contributed by atoms with E-state index in [0.29, 0.717) is 6.61 Å². The summed E-state index contributed by atoms with van der Waals surface area (Å²) in [5.41, 5.74) is 0. The zero-order valence-corrected chi connectivity index (χ0v) is 22.9. The summed E-state index contributed by atoms with van der Waals surface area (Å²) >= 11 is 7.53. The average molecular weight is 581 g/mol. The second-order valence-electron chi connectivity index (χ2n) is 6.74. The first-order valence-corrected chi connectivity index (χ1v) is 12.0. The fourth-order valence-corrected chi connectivity index (χ4v) is 2.41. The first-order valence-electron chi connectivity index (χ1n) is 10.7. The van der Waals surface area contributed by atoms with Crippen LogP contribution in [0, 0.1) is 0 Å². The molecule has 0 saturated heterocycles. The molecule has 0 aliphatic rings. The molecule has 7 N–H and O–H groups in total. The maximum Gasteiger partial charge on any atom is 0.317 e. The number of aliphatic carboxylic acids is 4. The van der Waals surface area contributed by atoms with Crippen molar-refractivity contribution in [3.8, 4) is 0 Å². The quantitative estimate of drug-likeness (QED) is 0.0756. The topological polar surface area (TPSA) is 243 Å². The van der Waals surface area contributed by atoms with E-state index in [9.17, 15) is 24.0 Å². The summed E-state index contributed by atoms with van der Waals surface area (Å²) in [7, 11) is 0. The highest BCUT2D eigenvalue weighted by atomic mass is 32.1. The third-order valence-electron chi connectivity index (χ3n) is 3.33. The van der Waals surface area contributed by atoms with E-state index < -0.39 is 62.3 Å². The van der Waals surface area contributed by atoms with Gasteiger partial charge < -0.3 is 40.5 Å². The van der Waals surface area contributed by atoms with Crippen molar-refractivity contribution in [1.82, 2.24) is 9.80 Å². The van der Waals surface area contributed by atoms with Crippen molar-refractivity contribution in [2.75, 3.05) is 64.0 Å². The number of carbonyl (C=O) groups is 5. The van der Waals surface area contributed by atoms with Crippen LogP contribution in [-0.2, 0) is 28.7 Å². The number of rotatable bonds is 15. The normalized spacial score (nSPS) is 11.4. The number of carboxylic acid groups (broad SMARTS) is 4. The molecule has 37 heavy (non-hydrogen) atoms. The Balaban J connectivity index is -0.000000261. The van der Waals surface area contributed by atoms with Gasteiger partial charge in [-0.1, -0.05) is 0 Å². The lowest BCUT2D eigenvalue weighted by Crippen LogP contribution is -2.43. The molecule has 15 nitrogen and oxygen atoms in total. The fourth-order valence-electron chi connectivity index (χ4n) is 1.92. The number of aliphatic hydroxyl groups excluding tert-OH is 3. The Bertz CT molecular complexity index is 565. The molecular formula is C20H40N2O13S2. The van der Waals surface area contributed by atoms with Gasteiger partial charge in [0.2, 0.25) is 0 Å². The SMILES string of the molecule is CCO.CCOC(C)=O.O=C(O)CN(CCN(CC(=O)O)CC(=O)O)CC(=O)O.OC(CS)C(O)CS. The summed E-state index contributed by atoms with van der Waals surface area (Å²) < 4.78 is 4.40. The molecule has 2 unspecified atom stereocenters. The molecule has 0 fully saturated rings. The van der Waals surface area contributed by atoms with Gasteiger partial charge in [-0.2, -0.15) is 25.3 Å². The minimum absolute atomic E-state index is 0.0703. The number of carboxylic acids is 4. The van der Waals surface area contributed by atoms with Crippen LogP contribution in [0.15, 0.2) is 0 Å². The van der Waals surface area contributed by atoms with Gasteiger partial charge in [0, 0.05) is 38.1 Å². The van der Waals surface area contributed by atoms with Crippen LogP contribution in [0.2, 0.25) is 0 Å². The first kappa shape index (κ1) is 42.0. The van der Waals surface area contributed by atoms with Crippen LogP contribution < -0.4 is 0 Å². The van der Waals surface area contributed by atoms with Gasteiger partial charge in [-0.3, -0.25) is 33.8 Å². The van der Waals surface area contributed by atoms with Crippen LogP contribution in [0.5, 0.6) is 0 Å². The third kappa shape index (κ3) is 38.5. The van der Waals surface area contributed by atoms with Gasteiger partial charge in [0.05, 0.1) is 45.0 Å². The highest BCUT2D eigenvalue weighted by Crippen LogP contribution is 1.97. The van der Waals surface area contributed by atoms with Crippen molar-refractivity contribution in [1.29, 1.82) is 0 Å². The minimum Gasteiger partial charge on any atom is -0.480 e. The van der Waals surface area contributed by atoms with Crippen LogP contribution in [0.25, 0.3) is 0 Å². The van der Waals surface area contributed by atoms with Crippen LogP contribution in [0.4, 0.5) is 0 Å². The van der Waals surface area contributed by atoms with Crippen molar-refractivity contribution in [3.63, 3.8) is 0 Å². The molecule has 0 rings (SSSR count). The number of aliphatic hydroxyl groups is 3. The molecule has 0 aliphatic heterocycles. The van der Waals surface area contributed by atoms with E-state index in [1.807, 2.05) is 0 Å². The maximum absolute atomic E-state index is 10.6. The molecule has 0 aromatic carbocycles. The largest absolute Gasteiger partial charge is 0.480 e. The Morgan fingerprint density at radius 3 is 1.05 bits per heavy atom. The van der Waals surface area contributed by atoms with Crippen molar-refractivity contribution >= 4 is 55.1 Å². The van der Waals surface area contributed by atoms with Crippen molar-refractivity contribution in [3.05, 3.63) is 0 Å². The van der Waals surface area contributed by atoms with Crippen LogP contribution in [0.1, 0.15) is 20.8 Å². The molecule has 0 heterocycles. The molecule has 0 aromatic heterocycles. The van der Waals surface area contributed by atoms with Gasteiger partial charge in [-0.15, -0.1) is 0 Å². The Morgan fingerprint density at radius 2 is 0.946 bits per heavy atom. The fraction of sp³-hybridized carbons (Fsp3) is 0.750. The second kappa shape index (κ2) is 28.4. The molecule has 0 saturated carbocycles. The van der Waals surface area contributed by atoms with E-state index in [2.05, 4.69) is 30.0 Å². The summed E-state index contributed by atoms with van der Waals surface area (Å²) in [6.07, 6.45) is -1.48. The molecule has 0 aliphatic carbocycles. The predicted octanol–water partition coefficient (Wildman–Crippen LogP) is -1.94. The number of esters is 1. The number of ether oxygens (including phenoxy) is 1. The monoisotopic (exact) mass is 580 g/mol. The van der Waals surface area contributed by atoms with E-state index in [4.69, 9.17) is 35.7 Å². The summed E-state index contributed by atoms with van der Waals surface area (Å²) in [4.78, 5) is 54.2. The molecule has 0 spiro atoms. The van der Waals surface area contributed by atoms with Crippen molar-refractivity contribution < 1.29 is 64.5 Å². The number of nitrogens with zero attached hydrogens (tertiary/aromatic N) is 2. The lowest BCUT2D eigenvalue weighted by atomic mass is 10.3. The van der Waals surface area contributed by atoms with E-state index in [0.717, 1.165) is 9.80 Å². The number of carbonyl (C=O) groups excluding carboxylic acids is 1. The van der Waals surface area contributed by atoms with E-state index in [1.54, 1.807) is 13.8 Å². The van der Waals surface area contributed by atoms with Crippen LogP contribution >= 0.6 is 25.3 Å². The average Bonchev–Trinajstić information content (AvgIpc) is 2.76. The van der Waals surface area contributed by atoms with Gasteiger partial charge in [0.25, 0.3) is 0 Å². The number of hydrogen-bond donors (Lipinski definition) is 9. The Labute approximate surface area is 226 Å². The highest BCUT2D eigenvalue weighted by molar-refractivity contribution is 7.80. The van der Waals surface area contributed by atoms with Gasteiger partial charge in [0.1, 0.15) is 0 Å². The highest BCUT2D eigenvalue weighted by Gasteiger charge is 2.18. The third-order valence-corrected chi connectivity index (χ3v) is 4.08. The summed E-state index contributed by atoms with van der Waals surface area (Å²) in [6, 6.07) is 0. The lowest BCUT2D eigenvalue weighted by Gasteiger charge is -2.23. The van der Waals surface area contributed by atoms with Crippen LogP contribution in [0.3, 0.4) is 0 Å². The first-order chi connectivity index (χ1) is 17.1. The molecule has 220 valence electrons. The van der Waals surface area contributed by atoms with Gasteiger partial charge in [0.15, 0.2) is 0 Å². The Morgan fingerprint density at radius 1 is 0.703 bits per heavy atom. The molecule has 0 radical (unpaired) electrons. The number of hydrogen-bond acceptors (Lipinski definition) is 13. The van der Waals surface area contributed by atoms with E-state index in [-0.39, 0.29) is 37.2 Å². The van der Waals surface area contributed by atoms with Crippen molar-refractivity contribution in [2.45, 2.75) is 33.0 Å². The van der Waals surface area contributed by atoms with Gasteiger partial charge in [-0.25, -0.2) is 0 Å². The molecule has 0 amide bonds. The summed E-state index contributed by atoms with van der Waals surface area (Å²) in [5.74, 6) is -4.56. The summed E-state index contributed by atoms with van der Waals surface area (Å²) in [6.45, 7) is 3.33. The Hall–Kier alpha value is -2.15. The second-order valence-corrected chi connectivity index (χ2v) is 7.47. The molecule has 17 heteroatoms. The zero-order valence-electron chi connectivity index (χ0n) is 21.1. The molecular weight excluding hydrogens is 540 g/mol. The molecule has 2 atom stereocenters. The smallest absolute Gasteiger partial charge is 0.317 e. The van der Waals surface area contributed by atoms with Gasteiger partial charge >= 0.3 is 29.8 Å². The van der Waals surface area contributed by atoms with Crippen molar-refractivity contribution in [2.24, 2.45) is 0 Å².